The van der Waals surface area contributed by atoms with Crippen molar-refractivity contribution in [2.75, 3.05) is 25.3 Å². The van der Waals surface area contributed by atoms with Gasteiger partial charge in [-0.15, -0.1) is 0 Å². The summed E-state index contributed by atoms with van der Waals surface area (Å²) in [5.41, 5.74) is 7.50. The van der Waals surface area contributed by atoms with Gasteiger partial charge in [-0.3, -0.25) is 4.79 Å². The number of nitrogens with one attached hydrogen (secondary N) is 1. The number of hydrogen-bond acceptors (Lipinski definition) is 4. The molecule has 0 radical (unpaired) electrons. The van der Waals surface area contributed by atoms with Crippen LogP contribution in [-0.2, 0) is 11.2 Å². The van der Waals surface area contributed by atoms with Gasteiger partial charge in [-0.25, -0.2) is 0 Å². The highest BCUT2D eigenvalue weighted by atomic mass is 35.5. The first-order valence-corrected chi connectivity index (χ1v) is 6.97. The molecule has 2 rings (SSSR count). The standard InChI is InChI=1S/C16H17ClN2O3/c1-21-14-6-3-10(7-15(14)22-2)8-16(20)19-13-5-4-11(18)9-12(13)17/h3-7,9H,8,18H2,1-2H3,(H,19,20). The van der Waals surface area contributed by atoms with Crippen LogP contribution in [0.4, 0.5) is 11.4 Å². The fourth-order valence-electron chi connectivity index (χ4n) is 2.00. The smallest absolute Gasteiger partial charge is 0.228 e. The molecule has 3 N–H and O–H groups in total. The first-order chi connectivity index (χ1) is 10.5. The summed E-state index contributed by atoms with van der Waals surface area (Å²) >= 11 is 6.03. The zero-order valence-electron chi connectivity index (χ0n) is 12.4. The largest absolute Gasteiger partial charge is 0.493 e. The Bertz CT molecular complexity index is 689. The lowest BCUT2D eigenvalue weighted by Gasteiger charge is -2.10. The van der Waals surface area contributed by atoms with Gasteiger partial charge >= 0.3 is 0 Å². The summed E-state index contributed by atoms with van der Waals surface area (Å²) in [7, 11) is 3.11. The molecule has 0 saturated carbocycles. The molecule has 0 atom stereocenters. The molecule has 0 aromatic heterocycles. The van der Waals surface area contributed by atoms with Crippen molar-refractivity contribution in [2.24, 2.45) is 0 Å². The summed E-state index contributed by atoms with van der Waals surface area (Å²) in [6.07, 6.45) is 0.195. The van der Waals surface area contributed by atoms with Crippen LogP contribution in [0, 0.1) is 0 Å². The molecule has 1 amide bonds. The lowest BCUT2D eigenvalue weighted by atomic mass is 10.1. The second-order valence-electron chi connectivity index (χ2n) is 4.65. The second kappa shape index (κ2) is 7.04. The maximum Gasteiger partial charge on any atom is 0.228 e. The third-order valence-corrected chi connectivity index (χ3v) is 3.39. The van der Waals surface area contributed by atoms with Gasteiger partial charge in [0.15, 0.2) is 11.5 Å². The first kappa shape index (κ1) is 16.0. The number of rotatable bonds is 5. The molecule has 22 heavy (non-hydrogen) atoms. The van der Waals surface area contributed by atoms with Gasteiger partial charge in [0, 0.05) is 5.69 Å². The molecule has 6 heteroatoms. The lowest BCUT2D eigenvalue weighted by molar-refractivity contribution is -0.115. The van der Waals surface area contributed by atoms with Crippen LogP contribution in [0.2, 0.25) is 5.02 Å². The molecule has 2 aromatic rings. The molecule has 2 aromatic carbocycles. The minimum atomic E-state index is -0.182. The maximum atomic E-state index is 12.1. The zero-order chi connectivity index (χ0) is 16.1. The van der Waals surface area contributed by atoms with Crippen molar-refractivity contribution in [1.82, 2.24) is 0 Å². The number of amides is 1. The molecular formula is C16H17ClN2O3. The molecule has 5 nitrogen and oxygen atoms in total. The highest BCUT2D eigenvalue weighted by molar-refractivity contribution is 6.34. The minimum absolute atomic E-state index is 0.182. The summed E-state index contributed by atoms with van der Waals surface area (Å²) in [4.78, 5) is 12.1. The van der Waals surface area contributed by atoms with E-state index >= 15 is 0 Å². The van der Waals surface area contributed by atoms with Crippen LogP contribution in [0.25, 0.3) is 0 Å². The fraction of sp³-hybridized carbons (Fsp3) is 0.188. The van der Waals surface area contributed by atoms with Crippen molar-refractivity contribution in [3.63, 3.8) is 0 Å². The number of hydrogen-bond donors (Lipinski definition) is 2. The Morgan fingerprint density at radius 1 is 1.14 bits per heavy atom. The number of nitrogen functional groups attached to an aromatic ring is 1. The summed E-state index contributed by atoms with van der Waals surface area (Å²) in [6, 6.07) is 10.3. The van der Waals surface area contributed by atoms with E-state index in [1.165, 1.54) is 0 Å². The van der Waals surface area contributed by atoms with Crippen LogP contribution in [0.15, 0.2) is 36.4 Å². The lowest BCUT2D eigenvalue weighted by Crippen LogP contribution is -2.14. The van der Waals surface area contributed by atoms with Crippen LogP contribution in [0.1, 0.15) is 5.56 Å². The first-order valence-electron chi connectivity index (χ1n) is 6.59. The summed E-state index contributed by atoms with van der Waals surface area (Å²) in [5, 5.41) is 3.16. The van der Waals surface area contributed by atoms with Gasteiger partial charge in [0.25, 0.3) is 0 Å². The summed E-state index contributed by atoms with van der Waals surface area (Å²) < 4.78 is 10.4. The number of carbonyl (C=O) groups is 1. The van der Waals surface area contributed by atoms with Crippen LogP contribution in [-0.4, -0.2) is 20.1 Å². The second-order valence-corrected chi connectivity index (χ2v) is 5.06. The Morgan fingerprint density at radius 3 is 2.50 bits per heavy atom. The van der Waals surface area contributed by atoms with Crippen LogP contribution >= 0.6 is 11.6 Å². The van der Waals surface area contributed by atoms with Crippen LogP contribution < -0.4 is 20.5 Å². The number of nitrogens with two attached hydrogens (primary N) is 1. The average Bonchev–Trinajstić information content (AvgIpc) is 2.50. The zero-order valence-corrected chi connectivity index (χ0v) is 13.1. The molecule has 0 saturated heterocycles. The van der Waals surface area contributed by atoms with Crippen molar-refractivity contribution in [2.45, 2.75) is 6.42 Å². The van der Waals surface area contributed by atoms with Gasteiger partial charge in [-0.1, -0.05) is 17.7 Å². The van der Waals surface area contributed by atoms with Crippen molar-refractivity contribution in [1.29, 1.82) is 0 Å². The van der Waals surface area contributed by atoms with Gasteiger partial charge < -0.3 is 20.5 Å². The number of benzene rings is 2. The van der Waals surface area contributed by atoms with Gasteiger partial charge in [0.05, 0.1) is 31.4 Å². The predicted octanol–water partition coefficient (Wildman–Crippen LogP) is 3.12. The van der Waals surface area contributed by atoms with E-state index in [1.807, 2.05) is 6.07 Å². The minimum Gasteiger partial charge on any atom is -0.493 e. The third kappa shape index (κ3) is 3.83. The van der Waals surface area contributed by atoms with Crippen LogP contribution in [0.5, 0.6) is 11.5 Å². The maximum absolute atomic E-state index is 12.1. The normalized spacial score (nSPS) is 10.1. The van der Waals surface area contributed by atoms with Crippen molar-refractivity contribution < 1.29 is 14.3 Å². The number of methoxy groups -OCH3 is 2. The Morgan fingerprint density at radius 2 is 1.86 bits per heavy atom. The monoisotopic (exact) mass is 320 g/mol. The van der Waals surface area contributed by atoms with E-state index in [0.29, 0.717) is 27.9 Å². The third-order valence-electron chi connectivity index (χ3n) is 3.08. The Kier molecular flexibility index (Phi) is 5.12. The molecule has 0 bridgehead atoms. The highest BCUT2D eigenvalue weighted by Crippen LogP contribution is 2.28. The van der Waals surface area contributed by atoms with E-state index in [-0.39, 0.29) is 12.3 Å². The summed E-state index contributed by atoms with van der Waals surface area (Å²) in [6.45, 7) is 0. The Hall–Kier alpha value is -2.40. The van der Waals surface area contributed by atoms with Gasteiger partial charge in [0.1, 0.15) is 0 Å². The topological polar surface area (TPSA) is 73.6 Å². The van der Waals surface area contributed by atoms with E-state index in [9.17, 15) is 4.79 Å². The van der Waals surface area contributed by atoms with E-state index < -0.39 is 0 Å². The SMILES string of the molecule is COc1ccc(CC(=O)Nc2ccc(N)cc2Cl)cc1OC. The van der Waals surface area contributed by atoms with Gasteiger partial charge in [0.2, 0.25) is 5.91 Å². The molecule has 0 aliphatic rings. The fourth-order valence-corrected chi connectivity index (χ4v) is 2.24. The summed E-state index contributed by atoms with van der Waals surface area (Å²) in [5.74, 6) is 1.02. The van der Waals surface area contributed by atoms with E-state index in [2.05, 4.69) is 5.32 Å². The number of halogens is 1. The van der Waals surface area contributed by atoms with Crippen molar-refractivity contribution >= 4 is 28.9 Å². The van der Waals surface area contributed by atoms with E-state index in [4.69, 9.17) is 26.8 Å². The Balaban J connectivity index is 2.08. The van der Waals surface area contributed by atoms with E-state index in [1.54, 1.807) is 44.6 Å². The highest BCUT2D eigenvalue weighted by Gasteiger charge is 2.10. The van der Waals surface area contributed by atoms with Gasteiger partial charge in [-0.05, 0) is 35.9 Å². The quantitative estimate of drug-likeness (QED) is 0.830. The van der Waals surface area contributed by atoms with Crippen molar-refractivity contribution in [3.8, 4) is 11.5 Å². The molecule has 0 unspecified atom stereocenters. The molecule has 0 spiro atoms. The number of ether oxygens (including phenoxy) is 2. The Labute approximate surface area is 134 Å². The molecule has 0 aliphatic carbocycles. The molecule has 0 heterocycles. The molecular weight excluding hydrogens is 304 g/mol. The average molecular weight is 321 g/mol. The number of anilines is 2. The van der Waals surface area contributed by atoms with Crippen molar-refractivity contribution in [3.05, 3.63) is 47.0 Å². The molecule has 0 aliphatic heterocycles. The van der Waals surface area contributed by atoms with E-state index in [0.717, 1.165) is 5.56 Å². The predicted molar refractivity (Wildman–Crippen MR) is 87.7 cm³/mol. The van der Waals surface area contributed by atoms with Crippen LogP contribution in [0.3, 0.4) is 0 Å². The number of carbonyl (C=O) groups excluding carboxylic acids is 1. The van der Waals surface area contributed by atoms with Gasteiger partial charge in [-0.2, -0.15) is 0 Å². The molecule has 0 fully saturated rings. The molecule has 116 valence electrons.